The monoisotopic (exact) mass is 246 g/mol. The number of aromatic nitrogens is 2. The highest BCUT2D eigenvalue weighted by Crippen LogP contribution is 2.15. The van der Waals surface area contributed by atoms with Crippen molar-refractivity contribution in [1.29, 1.82) is 0 Å². The molecule has 0 spiro atoms. The zero-order valence-corrected chi connectivity index (χ0v) is 12.5. The van der Waals surface area contributed by atoms with Gasteiger partial charge in [0.25, 0.3) is 0 Å². The molecule has 0 radical (unpaired) electrons. The smallest absolute Gasteiger partial charge is 0.0619 e. The van der Waals surface area contributed by atoms with Gasteiger partial charge in [-0.25, -0.2) is 0 Å². The van der Waals surface area contributed by atoms with Crippen molar-refractivity contribution < 1.29 is 0 Å². The molecular formula is C16H26N2. The second kappa shape index (κ2) is 7.30. The van der Waals surface area contributed by atoms with E-state index in [0.29, 0.717) is 0 Å². The lowest BCUT2D eigenvalue weighted by Gasteiger charge is -2.11. The molecule has 1 atom stereocenters. The minimum atomic E-state index is 0.752. The minimum absolute atomic E-state index is 0.752. The predicted molar refractivity (Wildman–Crippen MR) is 77.7 cm³/mol. The predicted octanol–water partition coefficient (Wildman–Crippen LogP) is 4.41. The first-order valence-corrected chi connectivity index (χ1v) is 6.91. The van der Waals surface area contributed by atoms with Crippen LogP contribution in [0.5, 0.6) is 0 Å². The Morgan fingerprint density at radius 2 is 2.00 bits per heavy atom. The molecule has 1 heterocycles. The molecule has 0 fully saturated rings. The molecule has 2 heteroatoms. The van der Waals surface area contributed by atoms with E-state index in [1.807, 2.05) is 13.1 Å². The van der Waals surface area contributed by atoms with Crippen LogP contribution in [-0.4, -0.2) is 9.97 Å². The molecule has 0 aliphatic rings. The molecule has 18 heavy (non-hydrogen) atoms. The minimum Gasteiger partial charge on any atom is -0.258 e. The van der Waals surface area contributed by atoms with Crippen LogP contribution in [0, 0.1) is 19.8 Å². The Balaban J connectivity index is 2.40. The lowest BCUT2D eigenvalue weighted by atomic mass is 9.97. The molecule has 1 aromatic rings. The van der Waals surface area contributed by atoms with Crippen molar-refractivity contribution in [2.75, 3.05) is 0 Å². The summed E-state index contributed by atoms with van der Waals surface area (Å²) >= 11 is 0. The largest absolute Gasteiger partial charge is 0.258 e. The van der Waals surface area contributed by atoms with Gasteiger partial charge in [-0.15, -0.1) is 0 Å². The Morgan fingerprint density at radius 3 is 2.67 bits per heavy atom. The molecule has 0 aliphatic carbocycles. The lowest BCUT2D eigenvalue weighted by molar-refractivity contribution is 0.492. The number of hydrogen-bond acceptors (Lipinski definition) is 2. The van der Waals surface area contributed by atoms with Gasteiger partial charge in [-0.05, 0) is 59.3 Å². The standard InChI is InChI=1S/C16H26N2/c1-12(2)7-6-8-13(3)9-10-16-15(5)17-11-14(4)18-16/h7,11,13H,6,8-10H2,1-5H3. The van der Waals surface area contributed by atoms with Crippen LogP contribution in [-0.2, 0) is 6.42 Å². The van der Waals surface area contributed by atoms with Gasteiger partial charge in [0.15, 0.2) is 0 Å². The third-order valence-electron chi connectivity index (χ3n) is 3.26. The van der Waals surface area contributed by atoms with E-state index in [9.17, 15) is 0 Å². The SMILES string of the molecule is CC(C)=CCCC(C)CCc1nc(C)cnc1C. The Labute approximate surface area is 112 Å². The second-order valence-corrected chi connectivity index (χ2v) is 5.55. The fourth-order valence-electron chi connectivity index (χ4n) is 2.01. The Hall–Kier alpha value is -1.18. The van der Waals surface area contributed by atoms with Gasteiger partial charge < -0.3 is 0 Å². The number of aryl methyl sites for hydroxylation is 3. The van der Waals surface area contributed by atoms with Gasteiger partial charge in [0.2, 0.25) is 0 Å². The van der Waals surface area contributed by atoms with Crippen molar-refractivity contribution in [3.8, 4) is 0 Å². The first-order valence-electron chi connectivity index (χ1n) is 6.91. The third-order valence-corrected chi connectivity index (χ3v) is 3.26. The van der Waals surface area contributed by atoms with E-state index in [1.165, 1.54) is 30.5 Å². The molecule has 0 N–H and O–H groups in total. The van der Waals surface area contributed by atoms with Crippen molar-refractivity contribution >= 4 is 0 Å². The summed E-state index contributed by atoms with van der Waals surface area (Å²) in [6, 6.07) is 0. The van der Waals surface area contributed by atoms with E-state index in [0.717, 1.165) is 23.7 Å². The van der Waals surface area contributed by atoms with E-state index in [-0.39, 0.29) is 0 Å². The molecule has 1 unspecified atom stereocenters. The van der Waals surface area contributed by atoms with E-state index in [1.54, 1.807) is 0 Å². The maximum atomic E-state index is 4.58. The van der Waals surface area contributed by atoms with Crippen molar-refractivity contribution in [3.63, 3.8) is 0 Å². The third kappa shape index (κ3) is 5.44. The highest BCUT2D eigenvalue weighted by molar-refractivity contribution is 5.12. The first kappa shape index (κ1) is 14.9. The number of rotatable bonds is 6. The van der Waals surface area contributed by atoms with Gasteiger partial charge in [-0.1, -0.05) is 18.6 Å². The van der Waals surface area contributed by atoms with Crippen molar-refractivity contribution in [1.82, 2.24) is 9.97 Å². The van der Waals surface area contributed by atoms with Crippen LogP contribution in [0.3, 0.4) is 0 Å². The van der Waals surface area contributed by atoms with Crippen LogP contribution >= 0.6 is 0 Å². The zero-order valence-electron chi connectivity index (χ0n) is 12.5. The molecule has 1 rings (SSSR count). The Bertz CT molecular complexity index is 404. The molecule has 0 aromatic carbocycles. The maximum absolute atomic E-state index is 4.58. The molecule has 1 aromatic heterocycles. The van der Waals surface area contributed by atoms with Gasteiger partial charge >= 0.3 is 0 Å². The first-order chi connectivity index (χ1) is 8.49. The molecule has 0 aliphatic heterocycles. The molecule has 100 valence electrons. The molecule has 0 saturated heterocycles. The molecule has 0 amide bonds. The van der Waals surface area contributed by atoms with E-state index in [4.69, 9.17) is 0 Å². The second-order valence-electron chi connectivity index (χ2n) is 5.55. The summed E-state index contributed by atoms with van der Waals surface area (Å²) in [4.78, 5) is 8.95. The van der Waals surface area contributed by atoms with Crippen LogP contribution in [0.2, 0.25) is 0 Å². The van der Waals surface area contributed by atoms with Crippen LogP contribution in [0.4, 0.5) is 0 Å². The van der Waals surface area contributed by atoms with Gasteiger partial charge in [0.05, 0.1) is 17.1 Å². The quantitative estimate of drug-likeness (QED) is 0.695. The highest BCUT2D eigenvalue weighted by Gasteiger charge is 2.06. The molecule has 2 nitrogen and oxygen atoms in total. The van der Waals surface area contributed by atoms with Crippen LogP contribution in [0.25, 0.3) is 0 Å². The molecular weight excluding hydrogens is 220 g/mol. The normalized spacial score (nSPS) is 12.3. The van der Waals surface area contributed by atoms with Crippen molar-refractivity contribution in [2.24, 2.45) is 5.92 Å². The van der Waals surface area contributed by atoms with E-state index >= 15 is 0 Å². The van der Waals surface area contributed by atoms with Gasteiger partial charge in [-0.3, -0.25) is 9.97 Å². The Kier molecular flexibility index (Phi) is 6.03. The van der Waals surface area contributed by atoms with Gasteiger partial charge in [-0.2, -0.15) is 0 Å². The summed E-state index contributed by atoms with van der Waals surface area (Å²) < 4.78 is 0. The summed E-state index contributed by atoms with van der Waals surface area (Å²) in [6.07, 6.45) is 8.89. The summed E-state index contributed by atoms with van der Waals surface area (Å²) in [6.45, 7) is 10.7. The summed E-state index contributed by atoms with van der Waals surface area (Å²) in [7, 11) is 0. The van der Waals surface area contributed by atoms with Crippen LogP contribution in [0.15, 0.2) is 17.8 Å². The van der Waals surface area contributed by atoms with Crippen molar-refractivity contribution in [2.45, 2.75) is 60.3 Å². The average Bonchev–Trinajstić information content (AvgIpc) is 2.30. The number of hydrogen-bond donors (Lipinski definition) is 0. The van der Waals surface area contributed by atoms with Crippen LogP contribution in [0.1, 0.15) is 57.1 Å². The number of nitrogens with zero attached hydrogens (tertiary/aromatic N) is 2. The summed E-state index contributed by atoms with van der Waals surface area (Å²) in [5.74, 6) is 0.752. The van der Waals surface area contributed by atoms with Crippen molar-refractivity contribution in [3.05, 3.63) is 34.9 Å². The van der Waals surface area contributed by atoms with Crippen LogP contribution < -0.4 is 0 Å². The van der Waals surface area contributed by atoms with E-state index < -0.39 is 0 Å². The highest BCUT2D eigenvalue weighted by atomic mass is 14.8. The summed E-state index contributed by atoms with van der Waals surface area (Å²) in [5.41, 5.74) is 4.69. The maximum Gasteiger partial charge on any atom is 0.0619 e. The fraction of sp³-hybridized carbons (Fsp3) is 0.625. The zero-order chi connectivity index (χ0) is 13.5. The lowest BCUT2D eigenvalue weighted by Crippen LogP contribution is -2.03. The Morgan fingerprint density at radius 1 is 1.28 bits per heavy atom. The molecule has 0 saturated carbocycles. The van der Waals surface area contributed by atoms with Gasteiger partial charge in [0.1, 0.15) is 0 Å². The van der Waals surface area contributed by atoms with E-state index in [2.05, 4.69) is 43.7 Å². The average molecular weight is 246 g/mol. The van der Waals surface area contributed by atoms with Gasteiger partial charge in [0, 0.05) is 6.20 Å². The molecule has 0 bridgehead atoms. The summed E-state index contributed by atoms with van der Waals surface area (Å²) in [5, 5.41) is 0. The fourth-order valence-corrected chi connectivity index (χ4v) is 2.01. The topological polar surface area (TPSA) is 25.8 Å². The number of allylic oxidation sites excluding steroid dienone is 2.